The van der Waals surface area contributed by atoms with Crippen molar-refractivity contribution >= 4 is 139 Å². The standard InChI is InChI=1S/C26H22Br2O4.C26H22I2O4.C26H26N2O4/c3*1-2-3-9-22-24(25(29)17-12-20(27)26(30)21(28)13-17)19-11-10-18(14-23(19)32-22)31-15-16-7-5-4-6-8-16/h2*4-8,10-14,30H,2-3,9,15H2,1H3;4-8,10-14,30H,2-3,9,15,27-28H2,1H3. The number of fused-ring (bicyclic) bond motifs is 3. The molecule has 7 N–H and O–H groups in total. The fourth-order valence-electron chi connectivity index (χ4n) is 10.8. The second-order valence-corrected chi connectivity index (χ2v) is 26.9. The van der Waals surface area contributed by atoms with Crippen LogP contribution in [0.15, 0.2) is 204 Å². The monoisotopic (exact) mass is 1640 g/mol. The van der Waals surface area contributed by atoms with Gasteiger partial charge in [0.2, 0.25) is 0 Å². The molecule has 96 heavy (non-hydrogen) atoms. The summed E-state index contributed by atoms with van der Waals surface area (Å²) < 4.78 is 38.4. The molecule has 0 atom stereocenters. The number of hydrogen-bond donors (Lipinski definition) is 5. The molecule has 0 amide bonds. The molecule has 3 heterocycles. The van der Waals surface area contributed by atoms with E-state index in [0.29, 0.717) is 145 Å². The quantitative estimate of drug-likeness (QED) is 0.0164. The number of rotatable bonds is 24. The number of aryl methyl sites for hydroxylation is 3. The number of hydrogen-bond acceptors (Lipinski definition) is 14. The van der Waals surface area contributed by atoms with Gasteiger partial charge in [-0.15, -0.1) is 0 Å². The van der Waals surface area contributed by atoms with E-state index in [1.54, 1.807) is 24.3 Å². The smallest absolute Gasteiger partial charge is 0.197 e. The van der Waals surface area contributed by atoms with Gasteiger partial charge in [-0.05, 0) is 186 Å². The molecule has 0 fully saturated rings. The zero-order valence-corrected chi connectivity index (χ0v) is 60.5. The Kier molecular flexibility index (Phi) is 24.1. The Bertz CT molecular complexity index is 4200. The highest BCUT2D eigenvalue weighted by atomic mass is 127. The number of unbranched alkanes of at least 4 members (excludes halogenated alkanes) is 3. The summed E-state index contributed by atoms with van der Waals surface area (Å²) >= 11 is 10.7. The van der Waals surface area contributed by atoms with Gasteiger partial charge in [-0.2, -0.15) is 0 Å². The summed E-state index contributed by atoms with van der Waals surface area (Å²) in [5, 5.41) is 32.2. The Morgan fingerprint density at radius 3 is 1.02 bits per heavy atom. The maximum Gasteiger partial charge on any atom is 0.197 e. The van der Waals surface area contributed by atoms with Gasteiger partial charge in [-0.1, -0.05) is 131 Å². The van der Waals surface area contributed by atoms with Gasteiger partial charge < -0.3 is 54.2 Å². The summed E-state index contributed by atoms with van der Waals surface area (Å²) in [6, 6.07) is 56.1. The average Bonchev–Trinajstić information content (AvgIpc) is 1.62. The lowest BCUT2D eigenvalue weighted by Gasteiger charge is -2.08. The SMILES string of the molecule is CCCCc1oc2cc(OCc3ccccc3)ccc2c1C(=O)c1cc(Br)c(O)c(Br)c1.CCCCc1oc2cc(OCc3ccccc3)ccc2c1C(=O)c1cc(I)c(O)c(I)c1.CCCCc1oc2cc(OCc3ccccc3)ccc2c1C(=O)c1cc(N)c(O)c(N)c1. The summed E-state index contributed by atoms with van der Waals surface area (Å²) in [5.41, 5.74) is 19.8. The van der Waals surface area contributed by atoms with E-state index in [4.69, 9.17) is 38.9 Å². The number of carbonyl (C=O) groups is 3. The van der Waals surface area contributed by atoms with Crippen molar-refractivity contribution in [2.24, 2.45) is 0 Å². The highest BCUT2D eigenvalue weighted by molar-refractivity contribution is 14.1. The number of halogens is 4. The first-order chi connectivity index (χ1) is 46.4. The van der Waals surface area contributed by atoms with Gasteiger partial charge in [-0.3, -0.25) is 14.4 Å². The van der Waals surface area contributed by atoms with Crippen LogP contribution in [0.3, 0.4) is 0 Å². The number of ether oxygens (including phenoxy) is 3. The Morgan fingerprint density at radius 1 is 0.406 bits per heavy atom. The minimum absolute atomic E-state index is 0.0602. The van der Waals surface area contributed by atoms with E-state index in [-0.39, 0.29) is 46.0 Å². The van der Waals surface area contributed by atoms with Gasteiger partial charge in [0, 0.05) is 70.3 Å². The van der Waals surface area contributed by atoms with Gasteiger partial charge in [0.05, 0.1) is 44.2 Å². The van der Waals surface area contributed by atoms with Crippen molar-refractivity contribution in [1.82, 2.24) is 0 Å². The van der Waals surface area contributed by atoms with E-state index in [2.05, 4.69) is 52.6 Å². The number of phenolic OH excluding ortho intramolecular Hbond substituents is 3. The van der Waals surface area contributed by atoms with Crippen LogP contribution in [0.4, 0.5) is 11.4 Å². The Balaban J connectivity index is 0.000000157. The largest absolute Gasteiger partial charge is 0.506 e. The summed E-state index contributed by atoms with van der Waals surface area (Å²) in [5.74, 6) is 3.60. The summed E-state index contributed by atoms with van der Waals surface area (Å²) in [7, 11) is 0. The van der Waals surface area contributed by atoms with Crippen LogP contribution in [-0.4, -0.2) is 32.7 Å². The molecule has 0 unspecified atom stereocenters. The number of carbonyl (C=O) groups excluding carboxylic acids is 3. The van der Waals surface area contributed by atoms with Crippen molar-refractivity contribution in [3.05, 3.63) is 265 Å². The molecule has 0 radical (unpaired) electrons. The molecule has 9 aromatic carbocycles. The van der Waals surface area contributed by atoms with E-state index in [9.17, 15) is 29.7 Å². The zero-order chi connectivity index (χ0) is 68.0. The minimum atomic E-state index is -0.244. The molecule has 12 rings (SSSR count). The van der Waals surface area contributed by atoms with Crippen molar-refractivity contribution in [1.29, 1.82) is 0 Å². The number of anilines is 2. The van der Waals surface area contributed by atoms with Crippen LogP contribution in [0.25, 0.3) is 32.9 Å². The van der Waals surface area contributed by atoms with Crippen molar-refractivity contribution < 1.29 is 57.2 Å². The van der Waals surface area contributed by atoms with Crippen molar-refractivity contribution in [2.75, 3.05) is 11.5 Å². The molecular formula is C78H70Br2I2N2O12. The molecule has 0 aliphatic rings. The van der Waals surface area contributed by atoms with Crippen LogP contribution in [0.2, 0.25) is 0 Å². The van der Waals surface area contributed by atoms with Crippen molar-refractivity contribution in [2.45, 2.75) is 98.4 Å². The number of phenols is 3. The number of benzene rings is 9. The molecule has 0 aliphatic heterocycles. The van der Waals surface area contributed by atoms with Gasteiger partial charge >= 0.3 is 0 Å². The molecule has 0 saturated carbocycles. The van der Waals surface area contributed by atoms with Crippen LogP contribution < -0.4 is 25.7 Å². The normalized spacial score (nSPS) is 11.1. The fourth-order valence-corrected chi connectivity index (χ4v) is 13.8. The highest BCUT2D eigenvalue weighted by Gasteiger charge is 2.27. The van der Waals surface area contributed by atoms with Gasteiger partial charge in [0.25, 0.3) is 0 Å². The Morgan fingerprint density at radius 2 is 0.708 bits per heavy atom. The highest BCUT2D eigenvalue weighted by Crippen LogP contribution is 2.40. The summed E-state index contributed by atoms with van der Waals surface area (Å²) in [6.07, 6.45) is 7.70. The predicted molar refractivity (Wildman–Crippen MR) is 401 cm³/mol. The number of aromatic hydroxyl groups is 3. The first-order valence-electron chi connectivity index (χ1n) is 31.5. The Labute approximate surface area is 600 Å². The van der Waals surface area contributed by atoms with E-state index in [0.717, 1.165) is 66.0 Å². The number of nitrogens with two attached hydrogens (primary N) is 2. The predicted octanol–water partition coefficient (Wildman–Crippen LogP) is 20.8. The summed E-state index contributed by atoms with van der Waals surface area (Å²) in [4.78, 5) is 40.5. The average molecular weight is 1640 g/mol. The summed E-state index contributed by atoms with van der Waals surface area (Å²) in [6.45, 7) is 7.66. The van der Waals surface area contributed by atoms with Gasteiger partial charge in [-0.25, -0.2) is 0 Å². The lowest BCUT2D eigenvalue weighted by atomic mass is 9.97. The van der Waals surface area contributed by atoms with Crippen LogP contribution >= 0.6 is 77.0 Å². The van der Waals surface area contributed by atoms with Gasteiger partial charge in [0.1, 0.15) is 82.6 Å². The first-order valence-corrected chi connectivity index (χ1v) is 35.2. The first kappa shape index (κ1) is 70.2. The number of nitrogen functional groups attached to an aromatic ring is 2. The lowest BCUT2D eigenvalue weighted by Crippen LogP contribution is -2.06. The third-order valence-electron chi connectivity index (χ3n) is 15.9. The van der Waals surface area contributed by atoms with Crippen LogP contribution in [-0.2, 0) is 39.1 Å². The second kappa shape index (κ2) is 32.9. The molecule has 0 aliphatic carbocycles. The maximum atomic E-state index is 13.5. The molecule has 492 valence electrons. The molecule has 0 bridgehead atoms. The van der Waals surface area contributed by atoms with Gasteiger partial charge in [0.15, 0.2) is 23.1 Å². The molecule has 0 saturated heterocycles. The number of ketones is 3. The molecule has 14 nitrogen and oxygen atoms in total. The third kappa shape index (κ3) is 17.0. The molecule has 3 aromatic heterocycles. The van der Waals surface area contributed by atoms with Crippen molar-refractivity contribution in [3.63, 3.8) is 0 Å². The Hall–Kier alpha value is -8.57. The minimum Gasteiger partial charge on any atom is -0.506 e. The lowest BCUT2D eigenvalue weighted by molar-refractivity contribution is 0.103. The number of furan rings is 3. The van der Waals surface area contributed by atoms with Crippen LogP contribution in [0, 0.1) is 7.14 Å². The fraction of sp³-hybridized carbons (Fsp3) is 0.192. The zero-order valence-electron chi connectivity index (χ0n) is 53.0. The van der Waals surface area contributed by atoms with E-state index in [1.165, 1.54) is 12.1 Å². The van der Waals surface area contributed by atoms with Crippen LogP contribution in [0.1, 0.15) is 141 Å². The van der Waals surface area contributed by atoms with E-state index < -0.39 is 0 Å². The van der Waals surface area contributed by atoms with Crippen molar-refractivity contribution in [3.8, 4) is 34.5 Å². The third-order valence-corrected chi connectivity index (χ3v) is 18.7. The van der Waals surface area contributed by atoms with E-state index in [1.807, 2.05) is 191 Å². The molecule has 18 heteroatoms. The molecular weight excluding hydrogens is 1570 g/mol. The molecule has 0 spiro atoms. The second-order valence-electron chi connectivity index (χ2n) is 22.9. The molecule has 12 aromatic rings. The van der Waals surface area contributed by atoms with Crippen LogP contribution in [0.5, 0.6) is 34.5 Å². The maximum absolute atomic E-state index is 13.5. The van der Waals surface area contributed by atoms with E-state index >= 15 is 0 Å². The topological polar surface area (TPSA) is 231 Å².